The summed E-state index contributed by atoms with van der Waals surface area (Å²) >= 11 is 0. The third-order valence-electron chi connectivity index (χ3n) is 1.97. The molecule has 0 aromatic heterocycles. The van der Waals surface area contributed by atoms with Crippen LogP contribution in [0.3, 0.4) is 0 Å². The van der Waals surface area contributed by atoms with E-state index in [0.717, 1.165) is 0 Å². The average Bonchev–Trinajstić information content (AvgIpc) is 2.01. The van der Waals surface area contributed by atoms with E-state index in [1.165, 1.54) is 4.90 Å². The van der Waals surface area contributed by atoms with Crippen molar-refractivity contribution in [1.29, 1.82) is 0 Å². The first kappa shape index (κ1) is 12.4. The number of nitrogens with zero attached hydrogens (tertiary/aromatic N) is 1. The number of aliphatic hydroxyl groups excluding tert-OH is 1. The van der Waals surface area contributed by atoms with Gasteiger partial charge < -0.3 is 15.7 Å². The highest BCUT2D eigenvalue weighted by Crippen LogP contribution is 2.15. The van der Waals surface area contributed by atoms with Gasteiger partial charge in [-0.1, -0.05) is 0 Å². The van der Waals surface area contributed by atoms with Crippen LogP contribution in [0.2, 0.25) is 0 Å². The van der Waals surface area contributed by atoms with E-state index in [1.807, 2.05) is 0 Å². The molecule has 0 fully saturated rings. The van der Waals surface area contributed by atoms with Gasteiger partial charge in [0.25, 0.3) is 0 Å². The van der Waals surface area contributed by atoms with Crippen molar-refractivity contribution in [1.82, 2.24) is 4.90 Å². The van der Waals surface area contributed by atoms with Gasteiger partial charge in [-0.3, -0.25) is 4.79 Å². The Morgan fingerprint density at radius 3 is 2.38 bits per heavy atom. The van der Waals surface area contributed by atoms with Crippen LogP contribution in [0, 0.1) is 5.41 Å². The molecular weight excluding hydrogens is 168 g/mol. The molecule has 0 saturated heterocycles. The van der Waals surface area contributed by atoms with E-state index in [4.69, 9.17) is 10.8 Å². The highest BCUT2D eigenvalue weighted by Gasteiger charge is 2.28. The Hall–Kier alpha value is -0.610. The topological polar surface area (TPSA) is 66.6 Å². The summed E-state index contributed by atoms with van der Waals surface area (Å²) < 4.78 is 0. The summed E-state index contributed by atoms with van der Waals surface area (Å²) in [6.45, 7) is 5.92. The zero-order valence-corrected chi connectivity index (χ0v) is 8.87. The lowest BCUT2D eigenvalue weighted by Crippen LogP contribution is -2.44. The Kier molecular flexibility index (Phi) is 4.36. The predicted molar refractivity (Wildman–Crippen MR) is 52.2 cm³/mol. The van der Waals surface area contributed by atoms with Crippen LogP contribution in [-0.4, -0.2) is 42.2 Å². The number of amides is 1. The van der Waals surface area contributed by atoms with Crippen molar-refractivity contribution in [3.8, 4) is 0 Å². The summed E-state index contributed by atoms with van der Waals surface area (Å²) in [5.41, 5.74) is 4.93. The minimum Gasteiger partial charge on any atom is -0.392 e. The van der Waals surface area contributed by atoms with Gasteiger partial charge in [0.15, 0.2) is 0 Å². The number of aliphatic hydroxyl groups is 1. The second kappa shape index (κ2) is 4.58. The van der Waals surface area contributed by atoms with Crippen LogP contribution in [0.1, 0.15) is 20.8 Å². The molecule has 4 heteroatoms. The molecule has 0 radical (unpaired) electrons. The number of carbonyl (C=O) groups excluding carboxylic acids is 1. The van der Waals surface area contributed by atoms with Crippen LogP contribution in [0.4, 0.5) is 0 Å². The molecule has 0 rings (SSSR count). The molecule has 1 amide bonds. The van der Waals surface area contributed by atoms with E-state index in [9.17, 15) is 4.79 Å². The van der Waals surface area contributed by atoms with Crippen molar-refractivity contribution in [2.75, 3.05) is 20.1 Å². The molecular formula is C9H20N2O2. The fourth-order valence-electron chi connectivity index (χ4n) is 1.08. The van der Waals surface area contributed by atoms with Gasteiger partial charge in [-0.2, -0.15) is 0 Å². The maximum absolute atomic E-state index is 11.7. The van der Waals surface area contributed by atoms with Crippen LogP contribution in [0.25, 0.3) is 0 Å². The molecule has 0 aliphatic heterocycles. The van der Waals surface area contributed by atoms with Crippen LogP contribution in [0.5, 0.6) is 0 Å². The lowest BCUT2D eigenvalue weighted by Gasteiger charge is -2.28. The molecule has 1 atom stereocenters. The van der Waals surface area contributed by atoms with Crippen molar-refractivity contribution >= 4 is 5.91 Å². The molecule has 0 aromatic carbocycles. The Labute approximate surface area is 79.7 Å². The summed E-state index contributed by atoms with van der Waals surface area (Å²) in [5.74, 6) is -0.0316. The normalized spacial score (nSPS) is 14.0. The highest BCUT2D eigenvalue weighted by atomic mass is 16.3. The maximum Gasteiger partial charge on any atom is 0.229 e. The summed E-state index contributed by atoms with van der Waals surface area (Å²) in [6, 6.07) is 0. The fraction of sp³-hybridized carbons (Fsp3) is 0.889. The third kappa shape index (κ3) is 3.74. The molecule has 13 heavy (non-hydrogen) atoms. The molecule has 0 spiro atoms. The van der Waals surface area contributed by atoms with E-state index >= 15 is 0 Å². The highest BCUT2D eigenvalue weighted by molar-refractivity contribution is 5.81. The first-order chi connectivity index (χ1) is 5.81. The molecule has 0 bridgehead atoms. The lowest BCUT2D eigenvalue weighted by atomic mass is 9.92. The van der Waals surface area contributed by atoms with E-state index in [-0.39, 0.29) is 5.91 Å². The van der Waals surface area contributed by atoms with Gasteiger partial charge in [0.2, 0.25) is 5.91 Å². The van der Waals surface area contributed by atoms with E-state index in [0.29, 0.717) is 13.1 Å². The minimum absolute atomic E-state index is 0.0316. The lowest BCUT2D eigenvalue weighted by molar-refractivity contribution is -0.139. The molecule has 0 aromatic rings. The smallest absolute Gasteiger partial charge is 0.229 e. The van der Waals surface area contributed by atoms with Gasteiger partial charge in [0.1, 0.15) is 0 Å². The first-order valence-corrected chi connectivity index (χ1v) is 4.45. The number of hydrogen-bond acceptors (Lipinski definition) is 3. The van der Waals surface area contributed by atoms with E-state index in [2.05, 4.69) is 0 Å². The van der Waals surface area contributed by atoms with Crippen molar-refractivity contribution in [3.63, 3.8) is 0 Å². The van der Waals surface area contributed by atoms with Gasteiger partial charge >= 0.3 is 0 Å². The minimum atomic E-state index is -0.538. The Morgan fingerprint density at radius 1 is 1.62 bits per heavy atom. The standard InChI is InChI=1S/C9H20N2O2/c1-7(12)5-11(4)8(13)9(2,3)6-10/h7,12H,5-6,10H2,1-4H3. The Morgan fingerprint density at radius 2 is 2.08 bits per heavy atom. The van der Waals surface area contributed by atoms with Crippen LogP contribution in [-0.2, 0) is 4.79 Å². The SMILES string of the molecule is CC(O)CN(C)C(=O)C(C)(C)CN. The maximum atomic E-state index is 11.7. The fourth-order valence-corrected chi connectivity index (χ4v) is 1.08. The average molecular weight is 188 g/mol. The number of hydrogen-bond donors (Lipinski definition) is 2. The molecule has 0 heterocycles. The van der Waals surface area contributed by atoms with Gasteiger partial charge in [0.05, 0.1) is 11.5 Å². The van der Waals surface area contributed by atoms with Crippen molar-refractivity contribution in [3.05, 3.63) is 0 Å². The molecule has 78 valence electrons. The molecule has 0 aliphatic rings. The van der Waals surface area contributed by atoms with Gasteiger partial charge in [0, 0.05) is 20.1 Å². The first-order valence-electron chi connectivity index (χ1n) is 4.45. The van der Waals surface area contributed by atoms with Crippen molar-refractivity contribution < 1.29 is 9.90 Å². The summed E-state index contributed by atoms with van der Waals surface area (Å²) in [6.07, 6.45) is -0.498. The Balaban J connectivity index is 4.25. The molecule has 4 nitrogen and oxygen atoms in total. The van der Waals surface area contributed by atoms with Crippen LogP contribution >= 0.6 is 0 Å². The summed E-state index contributed by atoms with van der Waals surface area (Å²) in [7, 11) is 1.67. The van der Waals surface area contributed by atoms with Crippen molar-refractivity contribution in [2.24, 2.45) is 11.1 Å². The quantitative estimate of drug-likeness (QED) is 0.642. The molecule has 3 N–H and O–H groups in total. The zero-order chi connectivity index (χ0) is 10.6. The van der Waals surface area contributed by atoms with Crippen LogP contribution < -0.4 is 5.73 Å². The second-order valence-corrected chi connectivity index (χ2v) is 4.12. The largest absolute Gasteiger partial charge is 0.392 e. The van der Waals surface area contributed by atoms with E-state index < -0.39 is 11.5 Å². The number of carbonyl (C=O) groups is 1. The molecule has 1 unspecified atom stereocenters. The summed E-state index contributed by atoms with van der Waals surface area (Å²) in [4.78, 5) is 13.2. The molecule has 0 saturated carbocycles. The predicted octanol–water partition coefficient (Wildman–Crippen LogP) is -0.189. The number of likely N-dealkylation sites (N-methyl/N-ethyl adjacent to an activating group) is 1. The van der Waals surface area contributed by atoms with E-state index in [1.54, 1.807) is 27.8 Å². The second-order valence-electron chi connectivity index (χ2n) is 4.12. The van der Waals surface area contributed by atoms with Gasteiger partial charge in [-0.15, -0.1) is 0 Å². The summed E-state index contributed by atoms with van der Waals surface area (Å²) in [5, 5.41) is 9.08. The van der Waals surface area contributed by atoms with Gasteiger partial charge in [-0.05, 0) is 20.8 Å². The monoisotopic (exact) mass is 188 g/mol. The number of nitrogens with two attached hydrogens (primary N) is 1. The third-order valence-corrected chi connectivity index (χ3v) is 1.97. The molecule has 0 aliphatic carbocycles. The van der Waals surface area contributed by atoms with Crippen LogP contribution in [0.15, 0.2) is 0 Å². The Bertz CT molecular complexity index is 178. The van der Waals surface area contributed by atoms with Gasteiger partial charge in [-0.25, -0.2) is 0 Å². The van der Waals surface area contributed by atoms with Crippen molar-refractivity contribution in [2.45, 2.75) is 26.9 Å². The number of rotatable bonds is 4. The zero-order valence-electron chi connectivity index (χ0n) is 8.87.